The summed E-state index contributed by atoms with van der Waals surface area (Å²) in [7, 11) is 0. The lowest BCUT2D eigenvalue weighted by molar-refractivity contribution is -0.177. The third kappa shape index (κ3) is 4.57. The minimum Gasteiger partial charge on any atom is -0.423 e. The summed E-state index contributed by atoms with van der Waals surface area (Å²) in [5, 5.41) is 24.9. The fourth-order valence-corrected chi connectivity index (χ4v) is 7.75. The molecular formula is C30H37N5O5. The number of aromatic nitrogens is 3. The van der Waals surface area contributed by atoms with Crippen molar-refractivity contribution in [2.24, 2.45) is 22.7 Å². The van der Waals surface area contributed by atoms with Gasteiger partial charge in [-0.15, -0.1) is 0 Å². The number of carbonyl (C=O) groups excluding carboxylic acids is 1. The number of epoxide rings is 1. The number of ether oxygens (including phenoxy) is 2. The Morgan fingerprint density at radius 3 is 2.65 bits per heavy atom. The second kappa shape index (κ2) is 9.94. The topological polar surface area (TPSA) is 156 Å². The molecule has 1 spiro atoms. The molecule has 1 saturated heterocycles. The Morgan fingerprint density at radius 2 is 1.98 bits per heavy atom. The molecular weight excluding hydrogens is 510 g/mol. The summed E-state index contributed by atoms with van der Waals surface area (Å²) in [5.74, 6) is 1.02. The summed E-state index contributed by atoms with van der Waals surface area (Å²) in [5.41, 5.74) is 5.73. The number of cyclic esters (lactones) is 1. The van der Waals surface area contributed by atoms with Crippen LogP contribution in [0.1, 0.15) is 51.5 Å². The van der Waals surface area contributed by atoms with Gasteiger partial charge < -0.3 is 30.7 Å². The Morgan fingerprint density at radius 1 is 1.20 bits per heavy atom. The largest absolute Gasteiger partial charge is 0.423 e. The van der Waals surface area contributed by atoms with Crippen molar-refractivity contribution >= 4 is 23.8 Å². The lowest BCUT2D eigenvalue weighted by Gasteiger charge is -2.61. The number of nitrogens with two attached hydrogens (primary N) is 1. The average molecular weight is 548 g/mol. The number of carbonyl (C=O) groups is 1. The van der Waals surface area contributed by atoms with Crippen LogP contribution >= 0.6 is 0 Å². The van der Waals surface area contributed by atoms with E-state index in [1.807, 2.05) is 25.1 Å². The summed E-state index contributed by atoms with van der Waals surface area (Å²) >= 11 is 0. The summed E-state index contributed by atoms with van der Waals surface area (Å²) in [4.78, 5) is 25.8. The lowest BCUT2D eigenvalue weighted by Crippen LogP contribution is -2.61. The van der Waals surface area contributed by atoms with Crippen molar-refractivity contribution in [3.8, 4) is 0 Å². The Hall–Kier alpha value is -3.34. The number of hydrogen-bond donors (Lipinski definition) is 4. The van der Waals surface area contributed by atoms with E-state index in [4.69, 9.17) is 15.2 Å². The maximum Gasteiger partial charge on any atom is 0.341 e. The monoisotopic (exact) mass is 547 g/mol. The van der Waals surface area contributed by atoms with E-state index in [9.17, 15) is 15.0 Å². The number of nitrogen functional groups attached to an aromatic ring is 1. The minimum atomic E-state index is -0.589. The fraction of sp³-hybridized carbons (Fsp3) is 0.533. The normalized spacial score (nSPS) is 36.6. The Balaban J connectivity index is 1.36. The van der Waals surface area contributed by atoms with Gasteiger partial charge in [-0.05, 0) is 73.6 Å². The van der Waals surface area contributed by atoms with Crippen molar-refractivity contribution in [1.82, 2.24) is 15.0 Å². The van der Waals surface area contributed by atoms with Crippen LogP contribution in [0.4, 0.5) is 11.8 Å². The first-order valence-corrected chi connectivity index (χ1v) is 14.0. The molecule has 212 valence electrons. The number of aliphatic hydroxyl groups is 2. The van der Waals surface area contributed by atoms with Gasteiger partial charge >= 0.3 is 5.97 Å². The fourth-order valence-electron chi connectivity index (χ4n) is 7.75. The van der Waals surface area contributed by atoms with Crippen LogP contribution in [0.25, 0.3) is 6.08 Å². The zero-order chi connectivity index (χ0) is 28.1. The van der Waals surface area contributed by atoms with Crippen LogP contribution in [0.3, 0.4) is 0 Å². The summed E-state index contributed by atoms with van der Waals surface area (Å²) in [6, 6.07) is 5.23. The standard InChI is InChI=1S/C30H37N5O5/c1-28-8-7-24(37)29(2,16-36)22(28)6-9-30(17-39-30)23(28)13-21(35-25-5-3-4-10-32-25)20-12-19(40-26(20)38)11-18-14-33-27(31)34-15-18/h3-5,10-12,14-15,21-24,36-37H,6-9,13,16-17H2,1-2H3,(H,32,35)(H2,31,33,34)/t21?,22?,23?,24-,28+,29+,30?/m1/s1. The Bertz CT molecular complexity index is 1330. The quantitative estimate of drug-likeness (QED) is 0.300. The maximum atomic E-state index is 13.3. The number of rotatable bonds is 7. The number of aliphatic hydroxyl groups excluding tert-OH is 2. The molecule has 5 N–H and O–H groups in total. The van der Waals surface area contributed by atoms with Gasteiger partial charge in [-0.1, -0.05) is 19.9 Å². The zero-order valence-corrected chi connectivity index (χ0v) is 22.9. The van der Waals surface area contributed by atoms with Crippen LogP contribution in [-0.2, 0) is 14.3 Å². The van der Waals surface area contributed by atoms with Crippen LogP contribution in [0.15, 0.2) is 54.2 Å². The van der Waals surface area contributed by atoms with Gasteiger partial charge in [0.15, 0.2) is 0 Å². The molecule has 7 atom stereocenters. The van der Waals surface area contributed by atoms with Crippen molar-refractivity contribution in [1.29, 1.82) is 0 Å². The van der Waals surface area contributed by atoms with Crippen LogP contribution in [0.2, 0.25) is 0 Å². The van der Waals surface area contributed by atoms with Gasteiger partial charge in [0.25, 0.3) is 0 Å². The van der Waals surface area contributed by atoms with E-state index < -0.39 is 23.5 Å². The van der Waals surface area contributed by atoms with E-state index in [1.54, 1.807) is 30.7 Å². The van der Waals surface area contributed by atoms with Crippen molar-refractivity contribution in [3.05, 3.63) is 59.8 Å². The van der Waals surface area contributed by atoms with E-state index in [1.165, 1.54) is 0 Å². The van der Waals surface area contributed by atoms with E-state index in [0.29, 0.717) is 42.2 Å². The van der Waals surface area contributed by atoms with Crippen molar-refractivity contribution in [2.75, 3.05) is 24.3 Å². The number of esters is 1. The molecule has 10 nitrogen and oxygen atoms in total. The third-order valence-electron chi connectivity index (χ3n) is 10.0. The smallest absolute Gasteiger partial charge is 0.341 e. The van der Waals surface area contributed by atoms with Gasteiger partial charge in [-0.2, -0.15) is 0 Å². The first-order valence-electron chi connectivity index (χ1n) is 14.0. The maximum absolute atomic E-state index is 13.3. The third-order valence-corrected chi connectivity index (χ3v) is 10.0. The molecule has 2 aromatic rings. The van der Waals surface area contributed by atoms with Crippen molar-refractivity contribution in [3.63, 3.8) is 0 Å². The van der Waals surface area contributed by atoms with E-state index >= 15 is 0 Å². The molecule has 0 amide bonds. The SMILES string of the molecule is C[C@]12CC[C@@H](O)[C@@](C)(CO)C1CCC1(CO1)C2CC(Nc1ccccn1)C1=CC(=Cc2cnc(N)nc2)OC1=O. The highest BCUT2D eigenvalue weighted by Gasteiger charge is 2.67. The van der Waals surface area contributed by atoms with Gasteiger partial charge in [0.1, 0.15) is 11.6 Å². The summed E-state index contributed by atoms with van der Waals surface area (Å²) < 4.78 is 11.9. The molecule has 0 aromatic carbocycles. The van der Waals surface area contributed by atoms with E-state index in [2.05, 4.69) is 27.2 Å². The first kappa shape index (κ1) is 26.9. The molecule has 0 bridgehead atoms. The number of anilines is 2. The molecule has 3 fully saturated rings. The van der Waals surface area contributed by atoms with E-state index in [-0.39, 0.29) is 35.4 Å². The molecule has 2 saturated carbocycles. The minimum absolute atomic E-state index is 0.0644. The highest BCUT2D eigenvalue weighted by molar-refractivity contribution is 5.95. The highest BCUT2D eigenvalue weighted by atomic mass is 16.6. The van der Waals surface area contributed by atoms with Crippen molar-refractivity contribution in [2.45, 2.75) is 63.7 Å². The summed E-state index contributed by atoms with van der Waals surface area (Å²) in [6.07, 6.45) is 11.6. The molecule has 0 radical (unpaired) electrons. The molecule has 4 heterocycles. The van der Waals surface area contributed by atoms with Gasteiger partial charge in [-0.3, -0.25) is 0 Å². The number of nitrogens with zero attached hydrogens (tertiary/aromatic N) is 3. The number of nitrogens with one attached hydrogen (secondary N) is 1. The lowest BCUT2D eigenvalue weighted by atomic mass is 9.44. The van der Waals surface area contributed by atoms with Crippen LogP contribution in [-0.4, -0.2) is 62.1 Å². The molecule has 2 aliphatic carbocycles. The molecule has 4 aliphatic rings. The van der Waals surface area contributed by atoms with E-state index in [0.717, 1.165) is 19.3 Å². The average Bonchev–Trinajstić information content (AvgIpc) is 3.63. The van der Waals surface area contributed by atoms with Gasteiger partial charge in [0.2, 0.25) is 5.95 Å². The second-order valence-electron chi connectivity index (χ2n) is 12.3. The van der Waals surface area contributed by atoms with Gasteiger partial charge in [0, 0.05) is 29.6 Å². The summed E-state index contributed by atoms with van der Waals surface area (Å²) in [6.45, 7) is 4.92. The van der Waals surface area contributed by atoms with Crippen LogP contribution in [0.5, 0.6) is 0 Å². The number of pyridine rings is 1. The second-order valence-corrected chi connectivity index (χ2v) is 12.3. The highest BCUT2D eigenvalue weighted by Crippen LogP contribution is 2.66. The molecule has 40 heavy (non-hydrogen) atoms. The molecule has 4 unspecified atom stereocenters. The Labute approximate surface area is 233 Å². The Kier molecular flexibility index (Phi) is 6.67. The molecule has 2 aromatic heterocycles. The first-order chi connectivity index (χ1) is 19.2. The predicted octanol–water partition coefficient (Wildman–Crippen LogP) is 3.10. The molecule has 6 rings (SSSR count). The zero-order valence-electron chi connectivity index (χ0n) is 22.9. The van der Waals surface area contributed by atoms with Crippen molar-refractivity contribution < 1.29 is 24.5 Å². The predicted molar refractivity (Wildman–Crippen MR) is 148 cm³/mol. The van der Waals surface area contributed by atoms with Gasteiger partial charge in [0.05, 0.1) is 36.5 Å². The molecule has 2 aliphatic heterocycles. The van der Waals surface area contributed by atoms with Crippen LogP contribution in [0, 0.1) is 22.7 Å². The number of fused-ring (bicyclic) bond motifs is 1. The van der Waals surface area contributed by atoms with Crippen LogP contribution < -0.4 is 11.1 Å². The number of allylic oxidation sites excluding steroid dienone is 1. The van der Waals surface area contributed by atoms with Gasteiger partial charge in [-0.25, -0.2) is 19.7 Å². The number of hydrogen-bond acceptors (Lipinski definition) is 10. The molecule has 10 heteroatoms.